The van der Waals surface area contributed by atoms with E-state index in [0.29, 0.717) is 21.5 Å². The minimum Gasteiger partial charge on any atom is -0.424 e. The van der Waals surface area contributed by atoms with Crippen LogP contribution in [0, 0.1) is 18.3 Å². The van der Waals surface area contributed by atoms with Gasteiger partial charge in [-0.1, -0.05) is 23.2 Å². The number of aromatic nitrogens is 2. The number of nitrogens with zero attached hydrogens (tertiary/aromatic N) is 3. The predicted octanol–water partition coefficient (Wildman–Crippen LogP) is 3.76. The summed E-state index contributed by atoms with van der Waals surface area (Å²) in [5, 5.41) is 9.70. The average Bonchev–Trinajstić information content (AvgIpc) is 2.26. The Bertz CT molecular complexity index is 617. The van der Waals surface area contributed by atoms with Crippen molar-refractivity contribution in [1.29, 1.82) is 5.26 Å². The number of nitriles is 1. The SMILES string of the molecule is Cc1cc(C#N)nc(Oc2cc(Cl)cc(Cl)c2)n1. The fraction of sp³-hybridized carbons (Fsp3) is 0.0833. The lowest BCUT2D eigenvalue weighted by Crippen LogP contribution is -1.96. The van der Waals surface area contributed by atoms with E-state index in [2.05, 4.69) is 9.97 Å². The van der Waals surface area contributed by atoms with Crippen LogP contribution >= 0.6 is 23.2 Å². The van der Waals surface area contributed by atoms with Gasteiger partial charge in [-0.3, -0.25) is 0 Å². The molecule has 1 heterocycles. The van der Waals surface area contributed by atoms with Crippen LogP contribution in [0.5, 0.6) is 11.8 Å². The van der Waals surface area contributed by atoms with Crippen molar-refractivity contribution in [2.75, 3.05) is 0 Å². The van der Waals surface area contributed by atoms with Crippen LogP contribution in [0.3, 0.4) is 0 Å². The van der Waals surface area contributed by atoms with Crippen molar-refractivity contribution in [1.82, 2.24) is 9.97 Å². The monoisotopic (exact) mass is 279 g/mol. The molecule has 2 rings (SSSR count). The van der Waals surface area contributed by atoms with Crippen LogP contribution in [0.25, 0.3) is 0 Å². The van der Waals surface area contributed by atoms with Gasteiger partial charge in [0.05, 0.1) is 0 Å². The Hall–Kier alpha value is -1.83. The second-order valence-electron chi connectivity index (χ2n) is 3.50. The largest absolute Gasteiger partial charge is 0.424 e. The molecule has 0 fully saturated rings. The van der Waals surface area contributed by atoms with Crippen LogP contribution in [0.4, 0.5) is 0 Å². The molecule has 0 amide bonds. The van der Waals surface area contributed by atoms with E-state index in [0.717, 1.165) is 0 Å². The number of rotatable bonds is 2. The summed E-state index contributed by atoms with van der Waals surface area (Å²) in [5.74, 6) is 0.419. The number of hydrogen-bond donors (Lipinski definition) is 0. The van der Waals surface area contributed by atoms with Crippen LogP contribution in [0.1, 0.15) is 11.4 Å². The van der Waals surface area contributed by atoms with E-state index in [1.807, 2.05) is 6.07 Å². The summed E-state index contributed by atoms with van der Waals surface area (Å²) in [6.07, 6.45) is 0. The molecule has 0 saturated heterocycles. The topological polar surface area (TPSA) is 58.8 Å². The van der Waals surface area contributed by atoms with E-state index in [9.17, 15) is 0 Å². The van der Waals surface area contributed by atoms with Gasteiger partial charge in [0.1, 0.15) is 17.5 Å². The van der Waals surface area contributed by atoms with Crippen LogP contribution in [-0.2, 0) is 0 Å². The van der Waals surface area contributed by atoms with Crippen LogP contribution in [0.15, 0.2) is 24.3 Å². The van der Waals surface area contributed by atoms with E-state index < -0.39 is 0 Å². The van der Waals surface area contributed by atoms with Gasteiger partial charge in [-0.25, -0.2) is 4.98 Å². The molecule has 6 heteroatoms. The van der Waals surface area contributed by atoms with Gasteiger partial charge in [0.2, 0.25) is 0 Å². The Morgan fingerprint density at radius 3 is 2.39 bits per heavy atom. The molecule has 1 aromatic heterocycles. The van der Waals surface area contributed by atoms with E-state index in [1.165, 1.54) is 0 Å². The zero-order valence-corrected chi connectivity index (χ0v) is 10.8. The maximum atomic E-state index is 8.80. The molecule has 0 radical (unpaired) electrons. The highest BCUT2D eigenvalue weighted by molar-refractivity contribution is 6.34. The van der Waals surface area contributed by atoms with Crippen molar-refractivity contribution in [3.8, 4) is 17.8 Å². The van der Waals surface area contributed by atoms with Crippen LogP contribution < -0.4 is 4.74 Å². The Morgan fingerprint density at radius 1 is 1.11 bits per heavy atom. The highest BCUT2D eigenvalue weighted by atomic mass is 35.5. The average molecular weight is 280 g/mol. The van der Waals surface area contributed by atoms with E-state index in [-0.39, 0.29) is 11.7 Å². The Labute approximate surface area is 114 Å². The van der Waals surface area contributed by atoms with Gasteiger partial charge in [-0.05, 0) is 31.2 Å². The highest BCUT2D eigenvalue weighted by Gasteiger charge is 2.06. The first kappa shape index (κ1) is 12.6. The molecule has 0 unspecified atom stereocenters. The highest BCUT2D eigenvalue weighted by Crippen LogP contribution is 2.26. The van der Waals surface area contributed by atoms with E-state index in [1.54, 1.807) is 31.2 Å². The smallest absolute Gasteiger partial charge is 0.323 e. The molecule has 0 saturated carbocycles. The number of benzene rings is 1. The van der Waals surface area contributed by atoms with Gasteiger partial charge >= 0.3 is 6.01 Å². The first-order valence-corrected chi connectivity index (χ1v) is 5.72. The molecule has 1 aromatic carbocycles. The summed E-state index contributed by atoms with van der Waals surface area (Å²) >= 11 is 11.7. The summed E-state index contributed by atoms with van der Waals surface area (Å²) in [6, 6.07) is 8.36. The summed E-state index contributed by atoms with van der Waals surface area (Å²) in [7, 11) is 0. The third kappa shape index (κ3) is 3.10. The van der Waals surface area contributed by atoms with Crippen molar-refractivity contribution in [2.24, 2.45) is 0 Å². The van der Waals surface area contributed by atoms with Crippen LogP contribution in [0.2, 0.25) is 10.0 Å². The second kappa shape index (κ2) is 5.21. The second-order valence-corrected chi connectivity index (χ2v) is 4.37. The maximum absolute atomic E-state index is 8.80. The van der Waals surface area contributed by atoms with Gasteiger partial charge in [0.15, 0.2) is 0 Å². The fourth-order valence-electron chi connectivity index (χ4n) is 1.34. The molecular weight excluding hydrogens is 273 g/mol. The Balaban J connectivity index is 2.34. The molecule has 0 N–H and O–H groups in total. The van der Waals surface area contributed by atoms with Gasteiger partial charge in [0, 0.05) is 15.7 Å². The third-order valence-electron chi connectivity index (χ3n) is 1.99. The lowest BCUT2D eigenvalue weighted by atomic mass is 10.3. The molecule has 0 bridgehead atoms. The lowest BCUT2D eigenvalue weighted by Gasteiger charge is -2.05. The fourth-order valence-corrected chi connectivity index (χ4v) is 1.84. The standard InChI is InChI=1S/C12H7Cl2N3O/c1-7-2-10(6-15)17-12(16-7)18-11-4-8(13)3-9(14)5-11/h2-5H,1H3. The third-order valence-corrected chi connectivity index (χ3v) is 2.43. The molecule has 0 aliphatic heterocycles. The normalized spacial score (nSPS) is 9.89. The Kier molecular flexibility index (Phi) is 3.66. The minimum atomic E-state index is 0.0879. The summed E-state index contributed by atoms with van der Waals surface area (Å²) in [6.45, 7) is 1.75. The summed E-state index contributed by atoms with van der Waals surface area (Å²) < 4.78 is 5.42. The lowest BCUT2D eigenvalue weighted by molar-refractivity contribution is 0.440. The van der Waals surface area contributed by atoms with Crippen molar-refractivity contribution < 1.29 is 4.74 Å². The van der Waals surface area contributed by atoms with E-state index >= 15 is 0 Å². The zero-order valence-electron chi connectivity index (χ0n) is 9.32. The molecular formula is C12H7Cl2N3O. The minimum absolute atomic E-state index is 0.0879. The molecule has 0 atom stereocenters. The van der Waals surface area contributed by atoms with E-state index in [4.69, 9.17) is 33.2 Å². The van der Waals surface area contributed by atoms with Crippen molar-refractivity contribution in [3.05, 3.63) is 45.7 Å². The molecule has 90 valence electrons. The van der Waals surface area contributed by atoms with Crippen molar-refractivity contribution >= 4 is 23.2 Å². The number of aryl methyl sites for hydroxylation is 1. The van der Waals surface area contributed by atoms with Crippen molar-refractivity contribution in [2.45, 2.75) is 6.92 Å². The van der Waals surface area contributed by atoms with Gasteiger partial charge in [0.25, 0.3) is 0 Å². The molecule has 0 aliphatic rings. The van der Waals surface area contributed by atoms with Gasteiger partial charge in [-0.2, -0.15) is 10.2 Å². The van der Waals surface area contributed by atoms with Crippen molar-refractivity contribution in [3.63, 3.8) is 0 Å². The molecule has 0 aliphatic carbocycles. The summed E-state index contributed by atoms with van der Waals surface area (Å²) in [5.41, 5.74) is 0.885. The Morgan fingerprint density at radius 2 is 1.78 bits per heavy atom. The number of ether oxygens (including phenoxy) is 1. The first-order chi connectivity index (χ1) is 8.56. The summed E-state index contributed by atoms with van der Waals surface area (Å²) in [4.78, 5) is 7.99. The molecule has 2 aromatic rings. The van der Waals surface area contributed by atoms with Gasteiger partial charge < -0.3 is 4.74 Å². The number of halogens is 2. The van der Waals surface area contributed by atoms with Gasteiger partial charge in [-0.15, -0.1) is 0 Å². The van der Waals surface area contributed by atoms with Crippen LogP contribution in [-0.4, -0.2) is 9.97 Å². The quantitative estimate of drug-likeness (QED) is 0.840. The zero-order chi connectivity index (χ0) is 13.1. The molecule has 18 heavy (non-hydrogen) atoms. The predicted molar refractivity (Wildman–Crippen MR) is 68.0 cm³/mol. The molecule has 4 nitrogen and oxygen atoms in total. The first-order valence-electron chi connectivity index (χ1n) is 4.96. The number of hydrogen-bond acceptors (Lipinski definition) is 4. The maximum Gasteiger partial charge on any atom is 0.323 e. The molecule has 0 spiro atoms.